The highest BCUT2D eigenvalue weighted by molar-refractivity contribution is 6.00. The van der Waals surface area contributed by atoms with Crippen LogP contribution in [0.25, 0.3) is 10.9 Å². The van der Waals surface area contributed by atoms with E-state index >= 15 is 0 Å². The van der Waals surface area contributed by atoms with Gasteiger partial charge in [-0.25, -0.2) is 0 Å². The first-order chi connectivity index (χ1) is 11.8. The molecule has 0 unspecified atom stereocenters. The standard InChI is InChI=1S/C21H32N2O/c1-2-3-4-5-6-7-8-9-10-21(24)17-11-12-20-19(15-17)18(13-14-22)16-23-20/h11-12,15-16,23H,2-10,13-14,22H2,1H3. The smallest absolute Gasteiger partial charge is 0.162 e. The molecule has 0 saturated carbocycles. The van der Waals surface area contributed by atoms with Crippen molar-refractivity contribution in [2.24, 2.45) is 5.73 Å². The molecule has 2 rings (SSSR count). The first-order valence-corrected chi connectivity index (χ1v) is 9.59. The Morgan fingerprint density at radius 2 is 1.75 bits per heavy atom. The third-order valence-corrected chi connectivity index (χ3v) is 4.76. The molecule has 3 N–H and O–H groups in total. The van der Waals surface area contributed by atoms with Gasteiger partial charge in [-0.2, -0.15) is 0 Å². The van der Waals surface area contributed by atoms with Gasteiger partial charge < -0.3 is 10.7 Å². The number of aromatic amines is 1. The van der Waals surface area contributed by atoms with Gasteiger partial charge in [0.25, 0.3) is 0 Å². The van der Waals surface area contributed by atoms with Crippen LogP contribution in [0, 0.1) is 0 Å². The van der Waals surface area contributed by atoms with Crippen molar-refractivity contribution < 1.29 is 4.79 Å². The predicted octanol–water partition coefficient (Wildman–Crippen LogP) is 5.38. The van der Waals surface area contributed by atoms with Gasteiger partial charge in [0.1, 0.15) is 0 Å². The van der Waals surface area contributed by atoms with Crippen LogP contribution in [0.4, 0.5) is 0 Å². The third-order valence-electron chi connectivity index (χ3n) is 4.76. The van der Waals surface area contributed by atoms with Crippen molar-refractivity contribution in [1.82, 2.24) is 4.98 Å². The van der Waals surface area contributed by atoms with Crippen LogP contribution in [0.1, 0.15) is 80.6 Å². The molecule has 3 nitrogen and oxygen atoms in total. The number of hydrogen-bond acceptors (Lipinski definition) is 2. The van der Waals surface area contributed by atoms with Crippen molar-refractivity contribution in [1.29, 1.82) is 0 Å². The maximum Gasteiger partial charge on any atom is 0.162 e. The van der Waals surface area contributed by atoms with Gasteiger partial charge in [0.15, 0.2) is 5.78 Å². The first kappa shape index (κ1) is 18.7. The highest BCUT2D eigenvalue weighted by atomic mass is 16.1. The fraction of sp³-hybridized carbons (Fsp3) is 0.571. The van der Waals surface area contributed by atoms with E-state index in [0.717, 1.165) is 29.3 Å². The highest BCUT2D eigenvalue weighted by Gasteiger charge is 2.09. The lowest BCUT2D eigenvalue weighted by atomic mass is 10.0. The minimum Gasteiger partial charge on any atom is -0.361 e. The Balaban J connectivity index is 1.78. The first-order valence-electron chi connectivity index (χ1n) is 9.59. The number of nitrogens with one attached hydrogen (secondary N) is 1. The molecular formula is C21H32N2O. The number of rotatable bonds is 12. The molecule has 24 heavy (non-hydrogen) atoms. The lowest BCUT2D eigenvalue weighted by Gasteiger charge is -2.04. The van der Waals surface area contributed by atoms with Crippen molar-refractivity contribution in [3.05, 3.63) is 35.5 Å². The summed E-state index contributed by atoms with van der Waals surface area (Å²) < 4.78 is 0. The zero-order valence-electron chi connectivity index (χ0n) is 15.1. The topological polar surface area (TPSA) is 58.9 Å². The number of hydrogen-bond donors (Lipinski definition) is 2. The summed E-state index contributed by atoms with van der Waals surface area (Å²) in [6.07, 6.45) is 13.6. The zero-order valence-corrected chi connectivity index (χ0v) is 15.1. The van der Waals surface area contributed by atoms with Crippen molar-refractivity contribution in [3.8, 4) is 0 Å². The van der Waals surface area contributed by atoms with E-state index in [-0.39, 0.29) is 5.78 Å². The molecule has 0 atom stereocenters. The van der Waals surface area contributed by atoms with Crippen molar-refractivity contribution in [2.75, 3.05) is 6.54 Å². The number of carbonyl (C=O) groups is 1. The fourth-order valence-corrected chi connectivity index (χ4v) is 3.28. The predicted molar refractivity (Wildman–Crippen MR) is 103 cm³/mol. The quantitative estimate of drug-likeness (QED) is 0.406. The molecule has 0 amide bonds. The average Bonchev–Trinajstić information content (AvgIpc) is 3.00. The minimum absolute atomic E-state index is 0.266. The van der Waals surface area contributed by atoms with E-state index in [1.807, 2.05) is 24.4 Å². The van der Waals surface area contributed by atoms with E-state index in [1.54, 1.807) is 0 Å². The third kappa shape index (κ3) is 5.48. The van der Waals surface area contributed by atoms with E-state index in [2.05, 4.69) is 11.9 Å². The number of ketones is 1. The molecule has 2 aromatic rings. The van der Waals surface area contributed by atoms with E-state index in [0.29, 0.717) is 13.0 Å². The Bertz CT molecular complexity index is 630. The molecule has 1 heterocycles. The number of benzene rings is 1. The molecule has 0 saturated heterocycles. The average molecular weight is 329 g/mol. The van der Waals surface area contributed by atoms with E-state index in [9.17, 15) is 4.79 Å². The lowest BCUT2D eigenvalue weighted by molar-refractivity contribution is 0.0979. The summed E-state index contributed by atoms with van der Waals surface area (Å²) in [7, 11) is 0. The normalized spacial score (nSPS) is 11.2. The Labute approximate surface area is 146 Å². The van der Waals surface area contributed by atoms with Gasteiger partial charge in [0.05, 0.1) is 0 Å². The number of nitrogens with two attached hydrogens (primary N) is 1. The van der Waals surface area contributed by atoms with Crippen LogP contribution in [0.5, 0.6) is 0 Å². The molecule has 1 aromatic heterocycles. The second-order valence-electron chi connectivity index (χ2n) is 6.76. The van der Waals surface area contributed by atoms with Crippen LogP contribution in [0.3, 0.4) is 0 Å². The molecule has 132 valence electrons. The highest BCUT2D eigenvalue weighted by Crippen LogP contribution is 2.21. The summed E-state index contributed by atoms with van der Waals surface area (Å²) in [5.41, 5.74) is 8.78. The van der Waals surface area contributed by atoms with Gasteiger partial charge in [-0.3, -0.25) is 4.79 Å². The lowest BCUT2D eigenvalue weighted by Crippen LogP contribution is -2.02. The Hall–Kier alpha value is -1.61. The number of unbranched alkanes of at least 4 members (excludes halogenated alkanes) is 7. The summed E-state index contributed by atoms with van der Waals surface area (Å²) >= 11 is 0. The number of Topliss-reactive ketones (excluding diaryl/α,β-unsaturated/α-hetero) is 1. The van der Waals surface area contributed by atoms with E-state index < -0.39 is 0 Å². The van der Waals surface area contributed by atoms with E-state index in [4.69, 9.17) is 5.73 Å². The second kappa shape index (κ2) is 10.3. The number of carbonyl (C=O) groups excluding carboxylic acids is 1. The molecule has 3 heteroatoms. The van der Waals surface area contributed by atoms with E-state index in [1.165, 1.54) is 50.5 Å². The van der Waals surface area contributed by atoms with Crippen LogP contribution in [-0.2, 0) is 6.42 Å². The summed E-state index contributed by atoms with van der Waals surface area (Å²) in [5, 5.41) is 1.14. The molecule has 0 aliphatic rings. The summed E-state index contributed by atoms with van der Waals surface area (Å²) in [5.74, 6) is 0.266. The van der Waals surface area contributed by atoms with Gasteiger partial charge in [-0.1, -0.05) is 51.9 Å². The fourth-order valence-electron chi connectivity index (χ4n) is 3.28. The molecular weight excluding hydrogens is 296 g/mol. The molecule has 0 bridgehead atoms. The van der Waals surface area contributed by atoms with Gasteiger partial charge in [0.2, 0.25) is 0 Å². The molecule has 0 fully saturated rings. The summed E-state index contributed by atoms with van der Waals surface area (Å²) in [6, 6.07) is 5.98. The number of H-pyrrole nitrogens is 1. The maximum absolute atomic E-state index is 12.4. The van der Waals surface area contributed by atoms with Crippen LogP contribution in [-0.4, -0.2) is 17.3 Å². The van der Waals surface area contributed by atoms with Crippen molar-refractivity contribution in [2.45, 2.75) is 71.1 Å². The summed E-state index contributed by atoms with van der Waals surface area (Å²) in [6.45, 7) is 2.87. The van der Waals surface area contributed by atoms with Crippen molar-refractivity contribution in [3.63, 3.8) is 0 Å². The largest absolute Gasteiger partial charge is 0.361 e. The van der Waals surface area contributed by atoms with Gasteiger partial charge in [0, 0.05) is 29.1 Å². The van der Waals surface area contributed by atoms with Crippen LogP contribution < -0.4 is 5.73 Å². The molecule has 1 aromatic carbocycles. The Kier molecular flexibility index (Phi) is 8.03. The summed E-state index contributed by atoms with van der Waals surface area (Å²) in [4.78, 5) is 15.7. The van der Waals surface area contributed by atoms with Gasteiger partial charge in [-0.15, -0.1) is 0 Å². The molecule has 0 aliphatic carbocycles. The van der Waals surface area contributed by atoms with Crippen LogP contribution >= 0.6 is 0 Å². The Morgan fingerprint density at radius 1 is 1.04 bits per heavy atom. The SMILES string of the molecule is CCCCCCCCCCC(=O)c1ccc2[nH]cc(CCN)c2c1. The number of fused-ring (bicyclic) bond motifs is 1. The van der Waals surface area contributed by atoms with Crippen molar-refractivity contribution >= 4 is 16.7 Å². The second-order valence-corrected chi connectivity index (χ2v) is 6.76. The number of aromatic nitrogens is 1. The minimum atomic E-state index is 0.266. The maximum atomic E-state index is 12.4. The van der Waals surface area contributed by atoms with Gasteiger partial charge >= 0.3 is 0 Å². The molecule has 0 spiro atoms. The molecule has 0 radical (unpaired) electrons. The zero-order chi connectivity index (χ0) is 17.2. The molecule has 0 aliphatic heterocycles. The monoisotopic (exact) mass is 328 g/mol. The Morgan fingerprint density at radius 3 is 2.46 bits per heavy atom. The van der Waals surface area contributed by atoms with Crippen LogP contribution in [0.2, 0.25) is 0 Å². The van der Waals surface area contributed by atoms with Gasteiger partial charge in [-0.05, 0) is 43.1 Å². The van der Waals surface area contributed by atoms with Crippen LogP contribution in [0.15, 0.2) is 24.4 Å².